The van der Waals surface area contributed by atoms with Crippen molar-refractivity contribution in [3.63, 3.8) is 0 Å². The van der Waals surface area contributed by atoms with Crippen molar-refractivity contribution in [1.29, 1.82) is 0 Å². The van der Waals surface area contributed by atoms with Gasteiger partial charge in [-0.2, -0.15) is 0 Å². The number of aliphatic hydroxyl groups excluding tert-OH is 1. The average Bonchev–Trinajstić information content (AvgIpc) is 2.53. The van der Waals surface area contributed by atoms with Crippen molar-refractivity contribution in [3.05, 3.63) is 22.2 Å². The summed E-state index contributed by atoms with van der Waals surface area (Å²) in [5.74, 6) is 0. The number of hydrogen-bond acceptors (Lipinski definition) is 4. The third kappa shape index (κ3) is 2.73. The van der Waals surface area contributed by atoms with E-state index in [4.69, 9.17) is 5.11 Å². The summed E-state index contributed by atoms with van der Waals surface area (Å²) in [6.07, 6.45) is 5.64. The maximum atomic E-state index is 8.76. The normalized spacial score (nSPS) is 11.2. The number of thiazole rings is 1. The molecule has 0 aliphatic carbocycles. The van der Waals surface area contributed by atoms with Crippen molar-refractivity contribution >= 4 is 17.4 Å². The van der Waals surface area contributed by atoms with Crippen molar-refractivity contribution in [2.75, 3.05) is 13.6 Å². The van der Waals surface area contributed by atoms with Crippen molar-refractivity contribution in [2.24, 2.45) is 0 Å². The maximum absolute atomic E-state index is 8.76. The number of nitrogens with one attached hydrogen (secondary N) is 1. The molecule has 0 bridgehead atoms. The number of rotatable bonds is 4. The second-order valence-electron chi connectivity index (χ2n) is 2.28. The molecule has 3 nitrogen and oxygen atoms in total. The van der Waals surface area contributed by atoms with E-state index < -0.39 is 0 Å². The van der Waals surface area contributed by atoms with Gasteiger partial charge in [0.05, 0.1) is 11.5 Å². The Hall–Kier alpha value is -0.710. The van der Waals surface area contributed by atoms with Crippen LogP contribution >= 0.6 is 11.3 Å². The second-order valence-corrected chi connectivity index (χ2v) is 3.43. The lowest BCUT2D eigenvalue weighted by Crippen LogP contribution is -2.03. The molecule has 0 aliphatic heterocycles. The minimum atomic E-state index is 0.0809. The third-order valence-electron chi connectivity index (χ3n) is 1.31. The number of aromatic nitrogens is 1. The van der Waals surface area contributed by atoms with Gasteiger partial charge in [-0.05, 0) is 13.1 Å². The van der Waals surface area contributed by atoms with Crippen LogP contribution in [0.4, 0.5) is 0 Å². The van der Waals surface area contributed by atoms with Crippen molar-refractivity contribution < 1.29 is 5.11 Å². The molecule has 2 N–H and O–H groups in total. The third-order valence-corrected chi connectivity index (χ3v) is 2.26. The Morgan fingerprint density at radius 3 is 3.17 bits per heavy atom. The molecule has 0 amide bonds. The van der Waals surface area contributed by atoms with E-state index in [0.29, 0.717) is 0 Å². The highest BCUT2D eigenvalue weighted by Crippen LogP contribution is 2.13. The van der Waals surface area contributed by atoms with Crippen LogP contribution in [0.25, 0.3) is 6.08 Å². The summed E-state index contributed by atoms with van der Waals surface area (Å²) < 4.78 is 0. The van der Waals surface area contributed by atoms with E-state index in [-0.39, 0.29) is 6.61 Å². The van der Waals surface area contributed by atoms with Crippen molar-refractivity contribution in [3.8, 4) is 0 Å². The van der Waals surface area contributed by atoms with Gasteiger partial charge < -0.3 is 10.4 Å². The van der Waals surface area contributed by atoms with Gasteiger partial charge in [-0.25, -0.2) is 4.98 Å². The van der Waals surface area contributed by atoms with Gasteiger partial charge in [-0.1, -0.05) is 6.08 Å². The van der Waals surface area contributed by atoms with Gasteiger partial charge >= 0.3 is 0 Å². The number of nitrogens with zero attached hydrogens (tertiary/aromatic N) is 1. The molecule has 0 aromatic carbocycles. The van der Waals surface area contributed by atoms with Gasteiger partial charge in [-0.3, -0.25) is 0 Å². The molecule has 1 aromatic rings. The Morgan fingerprint density at radius 1 is 1.75 bits per heavy atom. The Bertz CT molecular complexity index is 257. The van der Waals surface area contributed by atoms with Crippen LogP contribution in [0.3, 0.4) is 0 Å². The van der Waals surface area contributed by atoms with Gasteiger partial charge in [-0.15, -0.1) is 11.3 Å². The largest absolute Gasteiger partial charge is 0.391 e. The molecular formula is C8H12N2OS. The van der Waals surface area contributed by atoms with Gasteiger partial charge in [0.1, 0.15) is 5.01 Å². The first-order valence-electron chi connectivity index (χ1n) is 3.73. The van der Waals surface area contributed by atoms with Crippen LogP contribution in [-0.4, -0.2) is 23.7 Å². The van der Waals surface area contributed by atoms with E-state index in [2.05, 4.69) is 10.3 Å². The van der Waals surface area contributed by atoms with E-state index >= 15 is 0 Å². The summed E-state index contributed by atoms with van der Waals surface area (Å²) >= 11 is 1.51. The molecule has 0 unspecified atom stereocenters. The first-order valence-corrected chi connectivity index (χ1v) is 4.55. The summed E-state index contributed by atoms with van der Waals surface area (Å²) in [6.45, 7) is 0.922. The van der Waals surface area contributed by atoms with E-state index in [1.807, 2.05) is 19.2 Å². The van der Waals surface area contributed by atoms with Gasteiger partial charge in [0.15, 0.2) is 0 Å². The monoisotopic (exact) mass is 184 g/mol. The molecule has 1 heterocycles. The molecule has 0 saturated heterocycles. The van der Waals surface area contributed by atoms with Crippen LogP contribution in [0.5, 0.6) is 0 Å². The van der Waals surface area contributed by atoms with Crippen LogP contribution in [0, 0.1) is 0 Å². The van der Waals surface area contributed by atoms with Gasteiger partial charge in [0.25, 0.3) is 0 Å². The van der Waals surface area contributed by atoms with Crippen LogP contribution in [0.1, 0.15) is 9.88 Å². The van der Waals surface area contributed by atoms with Crippen LogP contribution in [0.15, 0.2) is 12.3 Å². The first kappa shape index (κ1) is 9.38. The predicted octanol–water partition coefficient (Wildman–Crippen LogP) is 0.868. The summed E-state index contributed by atoms with van der Waals surface area (Å²) in [5, 5.41) is 12.7. The highest BCUT2D eigenvalue weighted by molar-refractivity contribution is 7.12. The number of aliphatic hydroxyl groups is 1. The topological polar surface area (TPSA) is 45.2 Å². The fourth-order valence-corrected chi connectivity index (χ4v) is 1.46. The molecule has 1 rings (SSSR count). The Labute approximate surface area is 75.8 Å². The second kappa shape index (κ2) is 5.03. The zero-order chi connectivity index (χ0) is 8.81. The van der Waals surface area contributed by atoms with Gasteiger partial charge in [0, 0.05) is 12.7 Å². The quantitative estimate of drug-likeness (QED) is 0.729. The SMILES string of the molecule is CNCC=Cc1ncc(CO)s1. The Morgan fingerprint density at radius 2 is 2.58 bits per heavy atom. The summed E-state index contributed by atoms with van der Waals surface area (Å²) in [7, 11) is 1.89. The van der Waals surface area contributed by atoms with Gasteiger partial charge in [0.2, 0.25) is 0 Å². The van der Waals surface area contributed by atoms with E-state index in [0.717, 1.165) is 16.4 Å². The summed E-state index contributed by atoms with van der Waals surface area (Å²) in [4.78, 5) is 5.00. The minimum absolute atomic E-state index is 0.0809. The predicted molar refractivity (Wildman–Crippen MR) is 51.0 cm³/mol. The van der Waals surface area contributed by atoms with Crippen molar-refractivity contribution in [2.45, 2.75) is 6.61 Å². The van der Waals surface area contributed by atoms with E-state index in [9.17, 15) is 0 Å². The molecular weight excluding hydrogens is 172 g/mol. The maximum Gasteiger partial charge on any atom is 0.116 e. The Kier molecular flexibility index (Phi) is 3.93. The Balaban J connectivity index is 2.51. The van der Waals surface area contributed by atoms with Crippen molar-refractivity contribution in [1.82, 2.24) is 10.3 Å². The first-order chi connectivity index (χ1) is 5.86. The van der Waals surface area contributed by atoms with Crippen LogP contribution in [0.2, 0.25) is 0 Å². The standard InChI is InChI=1S/C8H12N2OS/c1-9-4-2-3-8-10-5-7(6-11)12-8/h2-3,5,9,11H,4,6H2,1H3. The fourth-order valence-electron chi connectivity index (χ4n) is 0.750. The highest BCUT2D eigenvalue weighted by atomic mass is 32.1. The number of hydrogen-bond donors (Lipinski definition) is 2. The summed E-state index contributed by atoms with van der Waals surface area (Å²) in [6, 6.07) is 0. The molecule has 0 aliphatic rings. The molecule has 0 fully saturated rings. The van der Waals surface area contributed by atoms with E-state index in [1.54, 1.807) is 6.20 Å². The minimum Gasteiger partial charge on any atom is -0.391 e. The lowest BCUT2D eigenvalue weighted by Gasteiger charge is -1.85. The zero-order valence-corrected chi connectivity index (χ0v) is 7.77. The summed E-state index contributed by atoms with van der Waals surface area (Å²) in [5.41, 5.74) is 0. The average molecular weight is 184 g/mol. The lowest BCUT2D eigenvalue weighted by molar-refractivity contribution is 0.285. The van der Waals surface area contributed by atoms with E-state index in [1.165, 1.54) is 11.3 Å². The molecule has 0 atom stereocenters. The lowest BCUT2D eigenvalue weighted by atomic mass is 10.5. The highest BCUT2D eigenvalue weighted by Gasteiger charge is 1.95. The van der Waals surface area contributed by atoms with Crippen LogP contribution < -0.4 is 5.32 Å². The van der Waals surface area contributed by atoms with Crippen LogP contribution in [-0.2, 0) is 6.61 Å². The molecule has 4 heteroatoms. The smallest absolute Gasteiger partial charge is 0.116 e. The number of likely N-dealkylation sites (N-methyl/N-ethyl adjacent to an activating group) is 1. The molecule has 0 saturated carbocycles. The molecule has 66 valence electrons. The molecule has 1 aromatic heterocycles. The molecule has 0 spiro atoms. The molecule has 12 heavy (non-hydrogen) atoms. The molecule has 0 radical (unpaired) electrons. The zero-order valence-electron chi connectivity index (χ0n) is 6.95. The fraction of sp³-hybridized carbons (Fsp3) is 0.375.